The van der Waals surface area contributed by atoms with E-state index in [1.807, 2.05) is 0 Å². The molecule has 6 nitrogen and oxygen atoms in total. The quantitative estimate of drug-likeness (QED) is 0.659. The molecule has 19 heavy (non-hydrogen) atoms. The third kappa shape index (κ3) is 6.33. The van der Waals surface area contributed by atoms with Crippen LogP contribution in [0.5, 0.6) is 0 Å². The molecular weight excluding hydrogens is 246 g/mol. The second-order valence-electron chi connectivity index (χ2n) is 5.53. The molecule has 1 saturated heterocycles. The Morgan fingerprint density at radius 3 is 2.89 bits per heavy atom. The Bertz CT molecular complexity index is 280. The SMILES string of the molecule is COC(CN)CC(=O)NCCN1CCOC(C)(C)C1. The lowest BCUT2D eigenvalue weighted by molar-refractivity contribution is -0.123. The normalized spacial score (nSPS) is 21.1. The van der Waals surface area contributed by atoms with Crippen molar-refractivity contribution in [3.05, 3.63) is 0 Å². The summed E-state index contributed by atoms with van der Waals surface area (Å²) in [6.45, 7) is 8.59. The predicted octanol–water partition coefficient (Wildman–Crippen LogP) is -0.423. The third-order valence-electron chi connectivity index (χ3n) is 3.26. The van der Waals surface area contributed by atoms with Gasteiger partial charge in [-0.05, 0) is 13.8 Å². The van der Waals surface area contributed by atoms with Crippen LogP contribution >= 0.6 is 0 Å². The van der Waals surface area contributed by atoms with Crippen LogP contribution in [0.25, 0.3) is 0 Å². The van der Waals surface area contributed by atoms with E-state index in [-0.39, 0.29) is 17.6 Å². The molecule has 1 amide bonds. The summed E-state index contributed by atoms with van der Waals surface area (Å²) >= 11 is 0. The Hall–Kier alpha value is -0.690. The fourth-order valence-electron chi connectivity index (χ4n) is 2.20. The van der Waals surface area contributed by atoms with Crippen LogP contribution in [0.1, 0.15) is 20.3 Å². The summed E-state index contributed by atoms with van der Waals surface area (Å²) in [6.07, 6.45) is 0.129. The molecule has 112 valence electrons. The molecule has 0 aromatic heterocycles. The fourth-order valence-corrected chi connectivity index (χ4v) is 2.20. The van der Waals surface area contributed by atoms with Gasteiger partial charge >= 0.3 is 0 Å². The van der Waals surface area contributed by atoms with E-state index in [1.54, 1.807) is 7.11 Å². The Morgan fingerprint density at radius 1 is 1.58 bits per heavy atom. The zero-order valence-corrected chi connectivity index (χ0v) is 12.3. The van der Waals surface area contributed by atoms with Crippen molar-refractivity contribution >= 4 is 5.91 Å². The molecule has 1 rings (SSSR count). The van der Waals surface area contributed by atoms with Gasteiger partial charge in [0.25, 0.3) is 0 Å². The van der Waals surface area contributed by atoms with Gasteiger partial charge < -0.3 is 20.5 Å². The average molecular weight is 273 g/mol. The molecule has 0 aromatic rings. The number of morpholine rings is 1. The summed E-state index contributed by atoms with van der Waals surface area (Å²) in [7, 11) is 1.57. The summed E-state index contributed by atoms with van der Waals surface area (Å²) in [5.41, 5.74) is 5.39. The molecule has 0 aromatic carbocycles. The first-order chi connectivity index (χ1) is 8.96. The van der Waals surface area contributed by atoms with Crippen LogP contribution in [-0.2, 0) is 14.3 Å². The maximum atomic E-state index is 11.7. The van der Waals surface area contributed by atoms with E-state index in [9.17, 15) is 4.79 Å². The van der Waals surface area contributed by atoms with Crippen LogP contribution in [0, 0.1) is 0 Å². The zero-order valence-electron chi connectivity index (χ0n) is 12.3. The number of hydrogen-bond acceptors (Lipinski definition) is 5. The molecule has 1 aliphatic rings. The molecule has 3 N–H and O–H groups in total. The topological polar surface area (TPSA) is 76.8 Å². The number of methoxy groups -OCH3 is 1. The second-order valence-corrected chi connectivity index (χ2v) is 5.53. The molecule has 0 aliphatic carbocycles. The number of carbonyl (C=O) groups is 1. The van der Waals surface area contributed by atoms with Gasteiger partial charge in [-0.1, -0.05) is 0 Å². The van der Waals surface area contributed by atoms with Crippen molar-refractivity contribution in [3.8, 4) is 0 Å². The summed E-state index contributed by atoms with van der Waals surface area (Å²) in [5, 5.41) is 2.90. The van der Waals surface area contributed by atoms with E-state index in [4.69, 9.17) is 15.2 Å². The molecule has 0 saturated carbocycles. The summed E-state index contributed by atoms with van der Waals surface area (Å²) in [4.78, 5) is 14.0. The minimum absolute atomic E-state index is 0.00943. The predicted molar refractivity (Wildman–Crippen MR) is 73.9 cm³/mol. The van der Waals surface area contributed by atoms with Gasteiger partial charge in [-0.15, -0.1) is 0 Å². The maximum absolute atomic E-state index is 11.7. The highest BCUT2D eigenvalue weighted by molar-refractivity contribution is 5.76. The van der Waals surface area contributed by atoms with Crippen molar-refractivity contribution < 1.29 is 14.3 Å². The van der Waals surface area contributed by atoms with Crippen molar-refractivity contribution in [2.75, 3.05) is 46.4 Å². The van der Waals surface area contributed by atoms with Gasteiger partial charge in [0.15, 0.2) is 0 Å². The van der Waals surface area contributed by atoms with Gasteiger partial charge in [0, 0.05) is 39.8 Å². The molecular formula is C13H27N3O3. The molecule has 1 fully saturated rings. The number of nitrogens with two attached hydrogens (primary N) is 1. The minimum atomic E-state index is -0.192. The first-order valence-electron chi connectivity index (χ1n) is 6.82. The lowest BCUT2D eigenvalue weighted by Crippen LogP contribution is -2.50. The van der Waals surface area contributed by atoms with Gasteiger partial charge in [-0.3, -0.25) is 9.69 Å². The summed E-state index contributed by atoms with van der Waals surface area (Å²) in [5.74, 6) is -0.00943. The molecule has 1 atom stereocenters. The van der Waals surface area contributed by atoms with E-state index in [0.717, 1.165) is 26.2 Å². The number of nitrogens with zero attached hydrogens (tertiary/aromatic N) is 1. The van der Waals surface area contributed by atoms with E-state index >= 15 is 0 Å². The number of rotatable bonds is 7. The molecule has 0 radical (unpaired) electrons. The molecule has 0 spiro atoms. The van der Waals surface area contributed by atoms with Crippen LogP contribution in [0.3, 0.4) is 0 Å². The smallest absolute Gasteiger partial charge is 0.222 e. The Balaban J connectivity index is 2.17. The highest BCUT2D eigenvalue weighted by Crippen LogP contribution is 2.15. The van der Waals surface area contributed by atoms with Gasteiger partial charge in [0.2, 0.25) is 5.91 Å². The number of hydrogen-bond donors (Lipinski definition) is 2. The average Bonchev–Trinajstić information content (AvgIpc) is 2.34. The van der Waals surface area contributed by atoms with Gasteiger partial charge in [0.05, 0.1) is 24.7 Å². The lowest BCUT2D eigenvalue weighted by atomic mass is 10.1. The van der Waals surface area contributed by atoms with Crippen LogP contribution in [0.15, 0.2) is 0 Å². The number of carbonyl (C=O) groups excluding carboxylic acids is 1. The van der Waals surface area contributed by atoms with Crippen LogP contribution < -0.4 is 11.1 Å². The Morgan fingerprint density at radius 2 is 2.32 bits per heavy atom. The van der Waals surface area contributed by atoms with Crippen molar-refractivity contribution in [2.45, 2.75) is 32.0 Å². The van der Waals surface area contributed by atoms with Crippen molar-refractivity contribution in [2.24, 2.45) is 5.73 Å². The largest absolute Gasteiger partial charge is 0.380 e. The van der Waals surface area contributed by atoms with Crippen molar-refractivity contribution in [1.29, 1.82) is 0 Å². The molecule has 1 aliphatic heterocycles. The van der Waals surface area contributed by atoms with E-state index in [2.05, 4.69) is 24.1 Å². The minimum Gasteiger partial charge on any atom is -0.380 e. The lowest BCUT2D eigenvalue weighted by Gasteiger charge is -2.38. The van der Waals surface area contributed by atoms with Gasteiger partial charge in [0.1, 0.15) is 0 Å². The van der Waals surface area contributed by atoms with Crippen molar-refractivity contribution in [1.82, 2.24) is 10.2 Å². The Kier molecular flexibility index (Phi) is 6.71. The standard InChI is InChI=1S/C13H27N3O3/c1-13(2)10-16(6-7-19-13)5-4-15-12(17)8-11(9-14)18-3/h11H,4-10,14H2,1-3H3,(H,15,17). The zero-order chi connectivity index (χ0) is 14.3. The monoisotopic (exact) mass is 273 g/mol. The highest BCUT2D eigenvalue weighted by atomic mass is 16.5. The van der Waals surface area contributed by atoms with Crippen LogP contribution in [0.2, 0.25) is 0 Å². The summed E-state index contributed by atoms with van der Waals surface area (Å²) in [6, 6.07) is 0. The van der Waals surface area contributed by atoms with Crippen molar-refractivity contribution in [3.63, 3.8) is 0 Å². The number of ether oxygens (including phenoxy) is 2. The number of amides is 1. The Labute approximate surface area is 115 Å². The maximum Gasteiger partial charge on any atom is 0.222 e. The van der Waals surface area contributed by atoms with Gasteiger partial charge in [-0.2, -0.15) is 0 Å². The highest BCUT2D eigenvalue weighted by Gasteiger charge is 2.26. The van der Waals surface area contributed by atoms with E-state index in [1.165, 1.54) is 0 Å². The molecule has 1 heterocycles. The molecule has 1 unspecified atom stereocenters. The van der Waals surface area contributed by atoms with Crippen LogP contribution in [0.4, 0.5) is 0 Å². The van der Waals surface area contributed by atoms with Gasteiger partial charge in [-0.25, -0.2) is 0 Å². The van der Waals surface area contributed by atoms with E-state index < -0.39 is 0 Å². The van der Waals surface area contributed by atoms with Crippen LogP contribution in [-0.4, -0.2) is 69.0 Å². The number of nitrogens with one attached hydrogen (secondary N) is 1. The third-order valence-corrected chi connectivity index (χ3v) is 3.26. The summed E-state index contributed by atoms with van der Waals surface area (Å²) < 4.78 is 10.7. The molecule has 0 bridgehead atoms. The first-order valence-corrected chi connectivity index (χ1v) is 6.82. The first kappa shape index (κ1) is 16.4. The second kappa shape index (κ2) is 7.79. The molecule has 6 heteroatoms. The fraction of sp³-hybridized carbons (Fsp3) is 0.923. The van der Waals surface area contributed by atoms with E-state index in [0.29, 0.717) is 19.5 Å².